The van der Waals surface area contributed by atoms with E-state index in [-0.39, 0.29) is 18.1 Å². The highest BCUT2D eigenvalue weighted by Gasteiger charge is 2.13. The summed E-state index contributed by atoms with van der Waals surface area (Å²) in [6.07, 6.45) is 3.67. The van der Waals surface area contributed by atoms with Crippen LogP contribution in [0.1, 0.15) is 11.3 Å². The van der Waals surface area contributed by atoms with Crippen molar-refractivity contribution in [2.24, 2.45) is 0 Å². The van der Waals surface area contributed by atoms with E-state index in [1.807, 2.05) is 23.6 Å². The SMILES string of the molecule is CN(Cc1cccnc1)C(=O)Cc1csc(-c2cccc(F)c2)n1. The number of aromatic nitrogens is 2. The van der Waals surface area contributed by atoms with Gasteiger partial charge < -0.3 is 4.90 Å². The number of amides is 1. The lowest BCUT2D eigenvalue weighted by molar-refractivity contribution is -0.129. The highest BCUT2D eigenvalue weighted by atomic mass is 32.1. The molecule has 4 nitrogen and oxygen atoms in total. The Balaban J connectivity index is 1.65. The molecule has 0 aliphatic heterocycles. The highest BCUT2D eigenvalue weighted by Crippen LogP contribution is 2.24. The van der Waals surface area contributed by atoms with Crippen molar-refractivity contribution in [2.45, 2.75) is 13.0 Å². The Bertz CT molecular complexity index is 835. The van der Waals surface area contributed by atoms with E-state index < -0.39 is 0 Å². The average molecular weight is 341 g/mol. The third-order valence-electron chi connectivity index (χ3n) is 3.52. The second kappa shape index (κ2) is 7.31. The molecule has 0 N–H and O–H groups in total. The van der Waals surface area contributed by atoms with Crippen molar-refractivity contribution in [1.82, 2.24) is 14.9 Å². The molecule has 2 heterocycles. The second-order valence-electron chi connectivity index (χ2n) is 5.44. The number of nitrogens with zero attached hydrogens (tertiary/aromatic N) is 3. The van der Waals surface area contributed by atoms with E-state index in [1.165, 1.54) is 23.5 Å². The summed E-state index contributed by atoms with van der Waals surface area (Å²) in [5.41, 5.74) is 2.40. The Morgan fingerprint density at radius 3 is 2.92 bits per heavy atom. The van der Waals surface area contributed by atoms with Gasteiger partial charge in [0.1, 0.15) is 10.8 Å². The molecular formula is C18H16FN3OS. The van der Waals surface area contributed by atoms with Crippen LogP contribution in [-0.4, -0.2) is 27.8 Å². The first-order valence-electron chi connectivity index (χ1n) is 7.45. The fourth-order valence-corrected chi connectivity index (χ4v) is 3.10. The van der Waals surface area contributed by atoms with E-state index in [9.17, 15) is 9.18 Å². The van der Waals surface area contributed by atoms with Gasteiger partial charge in [-0.1, -0.05) is 18.2 Å². The lowest BCUT2D eigenvalue weighted by Crippen LogP contribution is -2.27. The number of benzene rings is 1. The third-order valence-corrected chi connectivity index (χ3v) is 4.46. The van der Waals surface area contributed by atoms with Gasteiger partial charge in [0.25, 0.3) is 0 Å². The maximum absolute atomic E-state index is 13.3. The molecule has 0 atom stereocenters. The summed E-state index contributed by atoms with van der Waals surface area (Å²) < 4.78 is 13.3. The quantitative estimate of drug-likeness (QED) is 0.713. The molecular weight excluding hydrogens is 325 g/mol. The minimum atomic E-state index is -0.295. The van der Waals surface area contributed by atoms with Gasteiger partial charge in [0.05, 0.1) is 12.1 Å². The van der Waals surface area contributed by atoms with Crippen LogP contribution in [0.5, 0.6) is 0 Å². The molecule has 24 heavy (non-hydrogen) atoms. The fourth-order valence-electron chi connectivity index (χ4n) is 2.29. The minimum Gasteiger partial charge on any atom is -0.341 e. The van der Waals surface area contributed by atoms with Gasteiger partial charge in [-0.2, -0.15) is 0 Å². The van der Waals surface area contributed by atoms with Crippen molar-refractivity contribution in [3.05, 3.63) is 71.2 Å². The Morgan fingerprint density at radius 2 is 2.17 bits per heavy atom. The summed E-state index contributed by atoms with van der Waals surface area (Å²) in [5, 5.41) is 2.56. The smallest absolute Gasteiger partial charge is 0.228 e. The largest absolute Gasteiger partial charge is 0.341 e. The number of carbonyl (C=O) groups is 1. The molecule has 0 saturated carbocycles. The molecule has 0 fully saturated rings. The van der Waals surface area contributed by atoms with E-state index in [1.54, 1.807) is 30.4 Å². The number of pyridine rings is 1. The lowest BCUT2D eigenvalue weighted by atomic mass is 10.2. The maximum atomic E-state index is 13.3. The van der Waals surface area contributed by atoms with E-state index in [0.717, 1.165) is 11.1 Å². The molecule has 2 aromatic heterocycles. The monoisotopic (exact) mass is 341 g/mol. The molecule has 6 heteroatoms. The average Bonchev–Trinajstić information content (AvgIpc) is 3.04. The standard InChI is InChI=1S/C18H16FN3OS/c1-22(11-13-4-3-7-20-10-13)17(23)9-16-12-24-18(21-16)14-5-2-6-15(19)8-14/h2-8,10,12H,9,11H2,1H3. The van der Waals surface area contributed by atoms with Crippen LogP contribution in [0.25, 0.3) is 10.6 Å². The predicted octanol–water partition coefficient (Wildman–Crippen LogP) is 3.55. The Labute approximate surface area is 143 Å². The van der Waals surface area contributed by atoms with Gasteiger partial charge in [0.2, 0.25) is 5.91 Å². The van der Waals surface area contributed by atoms with Gasteiger partial charge in [-0.15, -0.1) is 11.3 Å². The van der Waals surface area contributed by atoms with Gasteiger partial charge in [0, 0.05) is 36.9 Å². The molecule has 122 valence electrons. The van der Waals surface area contributed by atoms with Crippen LogP contribution in [0.3, 0.4) is 0 Å². The van der Waals surface area contributed by atoms with E-state index in [2.05, 4.69) is 9.97 Å². The maximum Gasteiger partial charge on any atom is 0.228 e. The van der Waals surface area contributed by atoms with Gasteiger partial charge in [-0.05, 0) is 23.8 Å². The number of rotatable bonds is 5. The number of carbonyl (C=O) groups excluding carboxylic acids is 1. The molecule has 0 aliphatic carbocycles. The van der Waals surface area contributed by atoms with Crippen molar-refractivity contribution in [3.63, 3.8) is 0 Å². The molecule has 0 spiro atoms. The normalized spacial score (nSPS) is 10.6. The van der Waals surface area contributed by atoms with Gasteiger partial charge in [-0.25, -0.2) is 9.37 Å². The third kappa shape index (κ3) is 4.02. The number of hydrogen-bond donors (Lipinski definition) is 0. The Morgan fingerprint density at radius 1 is 1.29 bits per heavy atom. The van der Waals surface area contributed by atoms with Gasteiger partial charge in [-0.3, -0.25) is 9.78 Å². The van der Waals surface area contributed by atoms with Crippen molar-refractivity contribution < 1.29 is 9.18 Å². The molecule has 0 bridgehead atoms. The molecule has 0 aliphatic rings. The molecule has 3 aromatic rings. The fraction of sp³-hybridized carbons (Fsp3) is 0.167. The van der Waals surface area contributed by atoms with E-state index >= 15 is 0 Å². The van der Waals surface area contributed by atoms with Gasteiger partial charge >= 0.3 is 0 Å². The van der Waals surface area contributed by atoms with Crippen LogP contribution in [0.2, 0.25) is 0 Å². The number of halogens is 1. The summed E-state index contributed by atoms with van der Waals surface area (Å²) in [4.78, 5) is 22.5. The molecule has 3 rings (SSSR count). The number of hydrogen-bond acceptors (Lipinski definition) is 4. The highest BCUT2D eigenvalue weighted by molar-refractivity contribution is 7.13. The Kier molecular flexibility index (Phi) is 4.96. The summed E-state index contributed by atoms with van der Waals surface area (Å²) in [6.45, 7) is 0.508. The van der Waals surface area contributed by atoms with Crippen LogP contribution in [0.4, 0.5) is 4.39 Å². The first kappa shape index (κ1) is 16.3. The summed E-state index contributed by atoms with van der Waals surface area (Å²) in [5.74, 6) is -0.313. The first-order valence-corrected chi connectivity index (χ1v) is 8.33. The summed E-state index contributed by atoms with van der Waals surface area (Å²) >= 11 is 1.41. The van der Waals surface area contributed by atoms with Crippen LogP contribution >= 0.6 is 11.3 Å². The first-order chi connectivity index (χ1) is 11.6. The van der Waals surface area contributed by atoms with Crippen LogP contribution in [0.15, 0.2) is 54.2 Å². The van der Waals surface area contributed by atoms with Crippen LogP contribution < -0.4 is 0 Å². The molecule has 0 radical (unpaired) electrons. The topological polar surface area (TPSA) is 46.1 Å². The van der Waals surface area contributed by atoms with Crippen LogP contribution in [-0.2, 0) is 17.8 Å². The molecule has 1 amide bonds. The van der Waals surface area contributed by atoms with E-state index in [0.29, 0.717) is 17.2 Å². The Hall–Kier alpha value is -2.60. The van der Waals surface area contributed by atoms with Gasteiger partial charge in [0.15, 0.2) is 0 Å². The predicted molar refractivity (Wildman–Crippen MR) is 91.9 cm³/mol. The zero-order valence-electron chi connectivity index (χ0n) is 13.1. The van der Waals surface area contributed by atoms with Crippen molar-refractivity contribution in [3.8, 4) is 10.6 Å². The zero-order chi connectivity index (χ0) is 16.9. The molecule has 0 saturated heterocycles. The van der Waals surface area contributed by atoms with Crippen molar-refractivity contribution in [1.29, 1.82) is 0 Å². The lowest BCUT2D eigenvalue weighted by Gasteiger charge is -2.16. The second-order valence-corrected chi connectivity index (χ2v) is 6.30. The number of likely N-dealkylation sites (N-methyl/N-ethyl adjacent to an activating group) is 1. The van der Waals surface area contributed by atoms with Crippen LogP contribution in [0, 0.1) is 5.82 Å². The summed E-state index contributed by atoms with van der Waals surface area (Å²) in [6, 6.07) is 10.1. The molecule has 1 aromatic carbocycles. The van der Waals surface area contributed by atoms with Crippen molar-refractivity contribution >= 4 is 17.2 Å². The molecule has 0 unspecified atom stereocenters. The minimum absolute atomic E-state index is 0.0186. The summed E-state index contributed by atoms with van der Waals surface area (Å²) in [7, 11) is 1.76. The zero-order valence-corrected chi connectivity index (χ0v) is 14.0. The van der Waals surface area contributed by atoms with E-state index in [4.69, 9.17) is 0 Å². The van der Waals surface area contributed by atoms with Crippen molar-refractivity contribution in [2.75, 3.05) is 7.05 Å². The number of thiazole rings is 1.